The number of nitrogens with one attached hydrogen (secondary N) is 2. The first kappa shape index (κ1) is 18.4. The number of rotatable bonds is 6. The molecule has 1 fully saturated rings. The lowest BCUT2D eigenvalue weighted by atomic mass is 10.1. The Bertz CT molecular complexity index is 879. The van der Waals surface area contributed by atoms with Crippen molar-refractivity contribution in [1.82, 2.24) is 15.1 Å². The molecule has 144 valence electrons. The van der Waals surface area contributed by atoms with Crippen molar-refractivity contribution in [3.8, 4) is 5.69 Å². The average molecular weight is 375 g/mol. The van der Waals surface area contributed by atoms with Crippen LogP contribution < -0.4 is 10.2 Å². The molecule has 3 aromatic rings. The van der Waals surface area contributed by atoms with Gasteiger partial charge in [-0.1, -0.05) is 24.3 Å². The molecule has 0 saturated carbocycles. The van der Waals surface area contributed by atoms with Crippen molar-refractivity contribution in [2.75, 3.05) is 13.1 Å². The van der Waals surface area contributed by atoms with Gasteiger partial charge in [0.1, 0.15) is 6.54 Å². The Balaban J connectivity index is 1.29. The summed E-state index contributed by atoms with van der Waals surface area (Å²) in [7, 11) is 0. The predicted octanol–water partition coefficient (Wildman–Crippen LogP) is 2.37. The van der Waals surface area contributed by atoms with Crippen molar-refractivity contribution in [2.24, 2.45) is 0 Å². The van der Waals surface area contributed by atoms with E-state index in [2.05, 4.69) is 34.7 Å². The van der Waals surface area contributed by atoms with E-state index in [1.165, 1.54) is 37.9 Å². The van der Waals surface area contributed by atoms with E-state index >= 15 is 0 Å². The van der Waals surface area contributed by atoms with Crippen LogP contribution in [0.4, 0.5) is 0 Å². The highest BCUT2D eigenvalue weighted by Gasteiger charge is 2.13. The number of quaternary nitrogens is 1. The van der Waals surface area contributed by atoms with E-state index in [1.54, 1.807) is 15.8 Å². The Morgan fingerprint density at radius 3 is 2.36 bits per heavy atom. The lowest BCUT2D eigenvalue weighted by molar-refractivity contribution is -0.918. The summed E-state index contributed by atoms with van der Waals surface area (Å²) in [4.78, 5) is 14.1. The number of hydrogen-bond donors (Lipinski definition) is 2. The van der Waals surface area contributed by atoms with Crippen LogP contribution in [-0.4, -0.2) is 28.8 Å². The van der Waals surface area contributed by atoms with Crippen LogP contribution in [0.5, 0.6) is 0 Å². The molecule has 2 heterocycles. The number of likely N-dealkylation sites (tertiary alicyclic amines) is 1. The van der Waals surface area contributed by atoms with Crippen molar-refractivity contribution in [3.05, 3.63) is 83.7 Å². The van der Waals surface area contributed by atoms with Crippen molar-refractivity contribution in [3.63, 3.8) is 0 Å². The quantitative estimate of drug-likeness (QED) is 0.695. The zero-order chi connectivity index (χ0) is 19.2. The second kappa shape index (κ2) is 8.85. The average Bonchev–Trinajstić information content (AvgIpc) is 3.29. The van der Waals surface area contributed by atoms with Gasteiger partial charge >= 0.3 is 0 Å². The monoisotopic (exact) mass is 375 g/mol. The fraction of sp³-hybridized carbons (Fsp3) is 0.304. The minimum Gasteiger partial charge on any atom is -0.348 e. The minimum atomic E-state index is -0.0612. The molecule has 4 rings (SSSR count). The van der Waals surface area contributed by atoms with Gasteiger partial charge in [-0.3, -0.25) is 4.79 Å². The summed E-state index contributed by atoms with van der Waals surface area (Å²) in [5.41, 5.74) is 4.09. The van der Waals surface area contributed by atoms with Gasteiger partial charge in [-0.05, 0) is 55.2 Å². The zero-order valence-corrected chi connectivity index (χ0v) is 16.1. The highest BCUT2D eigenvalue weighted by Crippen LogP contribution is 2.09. The normalized spacial score (nSPS) is 14.7. The summed E-state index contributed by atoms with van der Waals surface area (Å²) in [6.07, 6.45) is 7.70. The Kier molecular flexibility index (Phi) is 5.83. The van der Waals surface area contributed by atoms with Gasteiger partial charge in [0.05, 0.1) is 18.8 Å². The molecular weight excluding hydrogens is 348 g/mol. The molecule has 1 aromatic heterocycles. The van der Waals surface area contributed by atoms with E-state index in [1.807, 2.05) is 36.5 Å². The molecule has 1 amide bonds. The molecule has 0 spiro atoms. The molecule has 2 N–H and O–H groups in total. The summed E-state index contributed by atoms with van der Waals surface area (Å²) in [5.74, 6) is -0.0612. The van der Waals surface area contributed by atoms with Gasteiger partial charge in [0.2, 0.25) is 0 Å². The van der Waals surface area contributed by atoms with Gasteiger partial charge in [0.25, 0.3) is 5.91 Å². The van der Waals surface area contributed by atoms with Crippen LogP contribution in [0.25, 0.3) is 5.69 Å². The number of carbonyl (C=O) groups excluding carboxylic acids is 1. The molecule has 28 heavy (non-hydrogen) atoms. The number of benzene rings is 2. The molecule has 5 heteroatoms. The number of aromatic nitrogens is 2. The van der Waals surface area contributed by atoms with Crippen LogP contribution in [0.1, 0.15) is 40.7 Å². The van der Waals surface area contributed by atoms with Crippen LogP contribution in [0.3, 0.4) is 0 Å². The van der Waals surface area contributed by atoms with Gasteiger partial charge in [0, 0.05) is 30.1 Å². The second-order valence-electron chi connectivity index (χ2n) is 7.48. The standard InChI is InChI=1S/C23H26N4O/c28-23(21-9-11-22(12-10-21)27-16-4-13-25-27)24-17-19-5-7-20(8-6-19)18-26-14-2-1-3-15-26/h4-13,16H,1-3,14-15,17-18H2,(H,24,28)/p+1. The van der Waals surface area contributed by atoms with E-state index in [4.69, 9.17) is 0 Å². The first-order valence-corrected chi connectivity index (χ1v) is 10.1. The van der Waals surface area contributed by atoms with Crippen molar-refractivity contribution >= 4 is 5.91 Å². The Labute approximate surface area is 166 Å². The van der Waals surface area contributed by atoms with Crippen LogP contribution in [0, 0.1) is 0 Å². The highest BCUT2D eigenvalue weighted by molar-refractivity contribution is 5.94. The Morgan fingerprint density at radius 1 is 0.964 bits per heavy atom. The van der Waals surface area contributed by atoms with E-state index in [9.17, 15) is 4.79 Å². The van der Waals surface area contributed by atoms with E-state index in [-0.39, 0.29) is 5.91 Å². The SMILES string of the molecule is O=C(NCc1ccc(C[NH+]2CCCCC2)cc1)c1ccc(-n2cccn2)cc1. The lowest BCUT2D eigenvalue weighted by Gasteiger charge is -2.23. The van der Waals surface area contributed by atoms with Gasteiger partial charge in [0.15, 0.2) is 0 Å². The first-order chi connectivity index (χ1) is 13.8. The predicted molar refractivity (Wildman–Crippen MR) is 109 cm³/mol. The van der Waals surface area contributed by atoms with Gasteiger partial charge in [-0.15, -0.1) is 0 Å². The first-order valence-electron chi connectivity index (χ1n) is 10.1. The van der Waals surface area contributed by atoms with Crippen LogP contribution in [0.2, 0.25) is 0 Å². The fourth-order valence-electron chi connectivity index (χ4n) is 3.76. The maximum absolute atomic E-state index is 12.4. The lowest BCUT2D eigenvalue weighted by Crippen LogP contribution is -3.11. The van der Waals surface area contributed by atoms with E-state index in [0.29, 0.717) is 12.1 Å². The van der Waals surface area contributed by atoms with Gasteiger partial charge in [-0.2, -0.15) is 5.10 Å². The molecule has 1 aliphatic heterocycles. The summed E-state index contributed by atoms with van der Waals surface area (Å²) in [6.45, 7) is 4.22. The molecular formula is C23H27N4O+. The van der Waals surface area contributed by atoms with Gasteiger partial charge in [-0.25, -0.2) is 4.68 Å². The molecule has 5 nitrogen and oxygen atoms in total. The third-order valence-electron chi connectivity index (χ3n) is 5.39. The number of nitrogens with zero attached hydrogens (tertiary/aromatic N) is 2. The Hall–Kier alpha value is -2.92. The van der Waals surface area contributed by atoms with Gasteiger partial charge < -0.3 is 10.2 Å². The third-order valence-corrected chi connectivity index (χ3v) is 5.39. The molecule has 2 aromatic carbocycles. The Morgan fingerprint density at radius 2 is 1.68 bits per heavy atom. The molecule has 0 atom stereocenters. The molecule has 0 aliphatic carbocycles. The number of piperidine rings is 1. The number of amides is 1. The highest BCUT2D eigenvalue weighted by atomic mass is 16.1. The van der Waals surface area contributed by atoms with Crippen LogP contribution in [0.15, 0.2) is 67.0 Å². The van der Waals surface area contributed by atoms with Crippen molar-refractivity contribution in [2.45, 2.75) is 32.4 Å². The van der Waals surface area contributed by atoms with Crippen LogP contribution in [-0.2, 0) is 13.1 Å². The van der Waals surface area contributed by atoms with Crippen molar-refractivity contribution in [1.29, 1.82) is 0 Å². The molecule has 0 unspecified atom stereocenters. The summed E-state index contributed by atoms with van der Waals surface area (Å²) >= 11 is 0. The van der Waals surface area contributed by atoms with E-state index < -0.39 is 0 Å². The summed E-state index contributed by atoms with van der Waals surface area (Å²) in [5, 5.41) is 7.20. The molecule has 0 radical (unpaired) electrons. The largest absolute Gasteiger partial charge is 0.348 e. The maximum Gasteiger partial charge on any atom is 0.251 e. The summed E-state index contributed by atoms with van der Waals surface area (Å²) < 4.78 is 1.77. The van der Waals surface area contributed by atoms with Crippen molar-refractivity contribution < 1.29 is 9.69 Å². The molecule has 0 bridgehead atoms. The maximum atomic E-state index is 12.4. The summed E-state index contributed by atoms with van der Waals surface area (Å²) in [6, 6.07) is 18.0. The third kappa shape index (κ3) is 4.67. The smallest absolute Gasteiger partial charge is 0.251 e. The van der Waals surface area contributed by atoms with E-state index in [0.717, 1.165) is 17.8 Å². The number of hydrogen-bond acceptors (Lipinski definition) is 2. The molecule has 1 saturated heterocycles. The molecule has 1 aliphatic rings. The topological polar surface area (TPSA) is 51.4 Å². The van der Waals surface area contributed by atoms with Crippen LogP contribution >= 0.6 is 0 Å². The minimum absolute atomic E-state index is 0.0612. The zero-order valence-electron chi connectivity index (χ0n) is 16.1. The second-order valence-corrected chi connectivity index (χ2v) is 7.48. The fourth-order valence-corrected chi connectivity index (χ4v) is 3.76. The number of carbonyl (C=O) groups is 1.